The number of aromatic nitrogens is 3. The second-order valence-electron chi connectivity index (χ2n) is 11.4. The number of thioether (sulfide) groups is 1. The zero-order valence-corrected chi connectivity index (χ0v) is 28.4. The lowest BCUT2D eigenvalue weighted by molar-refractivity contribution is -0.113. The summed E-state index contributed by atoms with van der Waals surface area (Å²) in [5.41, 5.74) is 7.75. The van der Waals surface area contributed by atoms with Crippen LogP contribution in [0.5, 0.6) is 11.5 Å². The van der Waals surface area contributed by atoms with Crippen LogP contribution in [0.1, 0.15) is 19.4 Å². The first-order valence-electron chi connectivity index (χ1n) is 15.4. The summed E-state index contributed by atoms with van der Waals surface area (Å²) < 4.78 is 13.0. The number of thiazole rings is 1. The molecule has 7 nitrogen and oxygen atoms in total. The molecule has 4 aromatic carbocycles. The van der Waals surface area contributed by atoms with Crippen LogP contribution in [0.2, 0.25) is 0 Å². The Labute approximate surface area is 283 Å². The molecule has 0 aliphatic carbocycles. The molecule has 0 fully saturated rings. The number of benzene rings is 4. The van der Waals surface area contributed by atoms with Crippen LogP contribution >= 0.6 is 23.1 Å². The van der Waals surface area contributed by atoms with Gasteiger partial charge in [0, 0.05) is 27.8 Å². The molecular weight excluding hydrogens is 625 g/mol. The van der Waals surface area contributed by atoms with Crippen molar-refractivity contribution in [3.05, 3.63) is 114 Å². The van der Waals surface area contributed by atoms with Gasteiger partial charge in [0.1, 0.15) is 11.5 Å². The molecule has 238 valence electrons. The van der Waals surface area contributed by atoms with E-state index in [-0.39, 0.29) is 11.7 Å². The van der Waals surface area contributed by atoms with E-state index in [0.717, 1.165) is 57.4 Å². The summed E-state index contributed by atoms with van der Waals surface area (Å²) in [5, 5.41) is 6.24. The van der Waals surface area contributed by atoms with Crippen LogP contribution in [0.25, 0.3) is 39.5 Å². The SMILES string of the molecule is COc1ccc(-c2nc(SCC(=O)Nc3nc(-c4ccc(CC(C)C)cc4)cs3)n(-c3ccccc3)c2-c2ccc(OC)cc2)cc1. The van der Waals surface area contributed by atoms with E-state index in [1.54, 1.807) is 14.2 Å². The highest BCUT2D eigenvalue weighted by Crippen LogP contribution is 2.39. The van der Waals surface area contributed by atoms with Gasteiger partial charge >= 0.3 is 0 Å². The Hall–Kier alpha value is -4.86. The van der Waals surface area contributed by atoms with Gasteiger partial charge in [0.2, 0.25) is 5.91 Å². The van der Waals surface area contributed by atoms with Crippen molar-refractivity contribution in [2.24, 2.45) is 5.92 Å². The molecule has 0 unspecified atom stereocenters. The molecule has 0 atom stereocenters. The van der Waals surface area contributed by atoms with Crippen molar-refractivity contribution in [3.63, 3.8) is 0 Å². The number of para-hydroxylation sites is 1. The quantitative estimate of drug-likeness (QED) is 0.132. The first-order chi connectivity index (χ1) is 22.9. The Morgan fingerprint density at radius 3 is 2.04 bits per heavy atom. The van der Waals surface area contributed by atoms with E-state index in [1.807, 2.05) is 84.2 Å². The number of hydrogen-bond donors (Lipinski definition) is 1. The maximum Gasteiger partial charge on any atom is 0.236 e. The summed E-state index contributed by atoms with van der Waals surface area (Å²) in [6.07, 6.45) is 1.04. The highest BCUT2D eigenvalue weighted by molar-refractivity contribution is 7.99. The van der Waals surface area contributed by atoms with Gasteiger partial charge < -0.3 is 14.8 Å². The summed E-state index contributed by atoms with van der Waals surface area (Å²) in [6.45, 7) is 4.44. The van der Waals surface area contributed by atoms with Gasteiger partial charge in [-0.1, -0.05) is 68.1 Å². The van der Waals surface area contributed by atoms with E-state index in [2.05, 4.69) is 48.0 Å². The van der Waals surface area contributed by atoms with Crippen LogP contribution in [-0.2, 0) is 11.2 Å². The minimum Gasteiger partial charge on any atom is -0.497 e. The largest absolute Gasteiger partial charge is 0.497 e. The van der Waals surface area contributed by atoms with Crippen LogP contribution in [-0.4, -0.2) is 40.4 Å². The van der Waals surface area contributed by atoms with Crippen molar-refractivity contribution in [2.75, 3.05) is 25.3 Å². The summed E-state index contributed by atoms with van der Waals surface area (Å²) in [6, 6.07) is 34.4. The normalized spacial score (nSPS) is 11.1. The van der Waals surface area contributed by atoms with E-state index in [1.165, 1.54) is 28.7 Å². The molecule has 9 heteroatoms. The number of carbonyl (C=O) groups is 1. The lowest BCUT2D eigenvalue weighted by Crippen LogP contribution is -2.14. The van der Waals surface area contributed by atoms with Crippen molar-refractivity contribution in [1.29, 1.82) is 0 Å². The van der Waals surface area contributed by atoms with E-state index in [9.17, 15) is 4.79 Å². The average molecular weight is 661 g/mol. The second-order valence-corrected chi connectivity index (χ2v) is 13.2. The Bertz CT molecular complexity index is 1930. The molecule has 2 heterocycles. The molecule has 0 aliphatic heterocycles. The molecule has 0 saturated carbocycles. The smallest absolute Gasteiger partial charge is 0.236 e. The molecular formula is C38H36N4O3S2. The molecule has 0 aliphatic rings. The van der Waals surface area contributed by atoms with E-state index in [0.29, 0.717) is 16.2 Å². The van der Waals surface area contributed by atoms with Crippen molar-refractivity contribution >= 4 is 34.1 Å². The molecule has 6 rings (SSSR count). The molecule has 0 radical (unpaired) electrons. The van der Waals surface area contributed by atoms with Crippen LogP contribution < -0.4 is 14.8 Å². The number of nitrogens with one attached hydrogen (secondary N) is 1. The fourth-order valence-corrected chi connectivity index (χ4v) is 6.86. The minimum atomic E-state index is -0.150. The van der Waals surface area contributed by atoms with Gasteiger partial charge in [0.15, 0.2) is 10.3 Å². The lowest BCUT2D eigenvalue weighted by Gasteiger charge is -2.13. The van der Waals surface area contributed by atoms with Crippen LogP contribution in [0, 0.1) is 5.92 Å². The molecule has 47 heavy (non-hydrogen) atoms. The Kier molecular flexibility index (Phi) is 10.0. The molecule has 0 spiro atoms. The van der Waals surface area contributed by atoms with Crippen LogP contribution in [0.4, 0.5) is 5.13 Å². The molecule has 6 aromatic rings. The number of carbonyl (C=O) groups excluding carboxylic acids is 1. The number of nitrogens with zero attached hydrogens (tertiary/aromatic N) is 3. The summed E-state index contributed by atoms with van der Waals surface area (Å²) >= 11 is 2.81. The number of amides is 1. The lowest BCUT2D eigenvalue weighted by atomic mass is 10.0. The molecule has 1 amide bonds. The maximum atomic E-state index is 13.3. The molecule has 1 N–H and O–H groups in total. The molecule has 0 bridgehead atoms. The van der Waals surface area contributed by atoms with Gasteiger partial charge in [-0.2, -0.15) is 0 Å². The van der Waals surface area contributed by atoms with Crippen molar-refractivity contribution in [3.8, 4) is 51.0 Å². The first kappa shape index (κ1) is 32.1. The van der Waals surface area contributed by atoms with Gasteiger partial charge in [-0.15, -0.1) is 11.3 Å². The minimum absolute atomic E-state index is 0.150. The maximum absolute atomic E-state index is 13.3. The predicted molar refractivity (Wildman–Crippen MR) is 193 cm³/mol. The highest BCUT2D eigenvalue weighted by Gasteiger charge is 2.23. The second kappa shape index (κ2) is 14.7. The van der Waals surface area contributed by atoms with Crippen molar-refractivity contribution < 1.29 is 14.3 Å². The zero-order chi connectivity index (χ0) is 32.8. The summed E-state index contributed by atoms with van der Waals surface area (Å²) in [7, 11) is 3.31. The van der Waals surface area contributed by atoms with Crippen molar-refractivity contribution in [1.82, 2.24) is 14.5 Å². The fourth-order valence-electron chi connectivity index (χ4n) is 5.31. The third kappa shape index (κ3) is 7.59. The standard InChI is InChI=1S/C38H36N4O3S2/c1-25(2)22-26-10-12-27(13-11-26)33-23-46-37(39-33)40-34(43)24-47-38-41-35(28-14-18-31(44-3)19-15-28)36(29-16-20-32(45-4)21-17-29)42(38)30-8-6-5-7-9-30/h5-21,23,25H,22,24H2,1-4H3,(H,39,40,43). The van der Waals surface area contributed by atoms with E-state index >= 15 is 0 Å². The van der Waals surface area contributed by atoms with Gasteiger partial charge in [0.05, 0.1) is 37.1 Å². The fraction of sp³-hybridized carbons (Fsp3) is 0.184. The number of methoxy groups -OCH3 is 2. The number of ether oxygens (including phenoxy) is 2. The van der Waals surface area contributed by atoms with Gasteiger partial charge in [-0.3, -0.25) is 9.36 Å². The number of hydrogen-bond acceptors (Lipinski definition) is 7. The Morgan fingerprint density at radius 1 is 0.809 bits per heavy atom. The zero-order valence-electron chi connectivity index (χ0n) is 26.8. The predicted octanol–water partition coefficient (Wildman–Crippen LogP) is 9.28. The summed E-state index contributed by atoms with van der Waals surface area (Å²) in [5.74, 6) is 2.15. The first-order valence-corrected chi connectivity index (χ1v) is 17.2. The third-order valence-corrected chi connectivity index (χ3v) is 9.26. The van der Waals surface area contributed by atoms with Crippen molar-refractivity contribution in [2.45, 2.75) is 25.4 Å². The number of rotatable bonds is 12. The topological polar surface area (TPSA) is 78.3 Å². The highest BCUT2D eigenvalue weighted by atomic mass is 32.2. The third-order valence-electron chi connectivity index (χ3n) is 7.56. The Balaban J connectivity index is 1.28. The van der Waals surface area contributed by atoms with Crippen LogP contribution in [0.3, 0.4) is 0 Å². The molecule has 2 aromatic heterocycles. The average Bonchev–Trinajstić information content (AvgIpc) is 3.73. The van der Waals surface area contributed by atoms with Gasteiger partial charge in [0.25, 0.3) is 0 Å². The van der Waals surface area contributed by atoms with Gasteiger partial charge in [-0.25, -0.2) is 9.97 Å². The summed E-state index contributed by atoms with van der Waals surface area (Å²) in [4.78, 5) is 23.1. The van der Waals surface area contributed by atoms with E-state index in [4.69, 9.17) is 19.4 Å². The monoisotopic (exact) mass is 660 g/mol. The number of imidazole rings is 1. The number of anilines is 1. The van der Waals surface area contributed by atoms with Gasteiger partial charge in [-0.05, 0) is 78.6 Å². The Morgan fingerprint density at radius 2 is 1.43 bits per heavy atom. The van der Waals surface area contributed by atoms with Crippen LogP contribution in [0.15, 0.2) is 114 Å². The molecule has 0 saturated heterocycles. The van der Waals surface area contributed by atoms with E-state index < -0.39 is 0 Å².